The number of nitrogens with zero attached hydrogens (tertiary/aromatic N) is 1. The van der Waals surface area contributed by atoms with Crippen LogP contribution < -0.4 is 15.1 Å². The van der Waals surface area contributed by atoms with Gasteiger partial charge in [-0.1, -0.05) is 112 Å². The second kappa shape index (κ2) is 17.5. The molecule has 55 heavy (non-hydrogen) atoms. The molecule has 0 spiro atoms. The lowest BCUT2D eigenvalue weighted by atomic mass is 9.68. The molecule has 0 aromatic heterocycles. The SMILES string of the molecule is COc1cc(/C=C(\C)CC[C@@H](O)C2=C(CO[Si](c3ccccc3)(c3ccccc3)C(C)(C)C)C[C@H]3C(=O)N(C4CCCCC4)C(=O)[C@H]3[C@H]2CO)cc(I)c1O. The van der Waals surface area contributed by atoms with Crippen molar-refractivity contribution in [1.29, 1.82) is 0 Å². The number of ether oxygens (including phenoxy) is 1. The minimum atomic E-state index is -3.01. The molecule has 4 atom stereocenters. The first-order valence-electron chi connectivity index (χ1n) is 19.7. The Bertz CT molecular complexity index is 1860. The van der Waals surface area contributed by atoms with Crippen LogP contribution in [-0.2, 0) is 14.0 Å². The highest BCUT2D eigenvalue weighted by atomic mass is 127. The van der Waals surface area contributed by atoms with E-state index in [1.165, 1.54) is 12.0 Å². The molecule has 3 N–H and O–H groups in total. The number of aliphatic hydroxyl groups excluding tert-OH is 2. The third-order valence-electron chi connectivity index (χ3n) is 12.1. The van der Waals surface area contributed by atoms with Gasteiger partial charge in [-0.3, -0.25) is 14.5 Å². The monoisotopic (exact) mass is 877 g/mol. The van der Waals surface area contributed by atoms with Crippen LogP contribution in [0.3, 0.4) is 0 Å². The number of hydrogen-bond acceptors (Lipinski definition) is 7. The number of halogens is 1. The normalized spacial score (nSPS) is 21.9. The molecule has 0 radical (unpaired) electrons. The molecule has 294 valence electrons. The molecule has 1 saturated heterocycles. The van der Waals surface area contributed by atoms with E-state index in [1.54, 1.807) is 6.07 Å². The summed E-state index contributed by atoms with van der Waals surface area (Å²) in [7, 11) is -1.49. The summed E-state index contributed by atoms with van der Waals surface area (Å²) in [4.78, 5) is 30.1. The summed E-state index contributed by atoms with van der Waals surface area (Å²) in [6, 6.07) is 24.3. The Labute approximate surface area is 340 Å². The fourth-order valence-electron chi connectivity index (χ4n) is 9.48. The second-order valence-corrected chi connectivity index (χ2v) is 22.0. The average Bonchev–Trinajstić information content (AvgIpc) is 3.43. The van der Waals surface area contributed by atoms with Crippen molar-refractivity contribution in [3.05, 3.63) is 98.6 Å². The highest BCUT2D eigenvalue weighted by Crippen LogP contribution is 2.48. The van der Waals surface area contributed by atoms with Crippen LogP contribution in [0, 0.1) is 21.3 Å². The summed E-state index contributed by atoms with van der Waals surface area (Å²) < 4.78 is 13.5. The number of phenols is 1. The van der Waals surface area contributed by atoms with Gasteiger partial charge in [-0.2, -0.15) is 0 Å². The Morgan fingerprint density at radius 3 is 2.16 bits per heavy atom. The Hall–Kier alpha value is -3.29. The predicted octanol–water partition coefficient (Wildman–Crippen LogP) is 7.37. The molecule has 1 aliphatic heterocycles. The standard InChI is InChI=1S/C45H56INO7Si/c1-29(23-30-24-37(46)42(50)39(25-30)53-5)21-22-38(49)40-31(26-35-41(36(40)27-48)44(52)47(43(35)51)32-15-9-6-10-16-32)28-54-55(45(2,3)4,33-17-11-7-12-18-33)34-19-13-8-14-20-34/h7-8,11-14,17-20,23-25,32,35-36,38,41,48-50H,6,9-10,15-16,21-22,26-28H2,1-5H3/b29-23+/t35-,36+,38-,41-/m1/s1. The Morgan fingerprint density at radius 2 is 1.60 bits per heavy atom. The number of allylic oxidation sites excluding steroid dienone is 1. The largest absolute Gasteiger partial charge is 0.504 e. The van der Waals surface area contributed by atoms with Gasteiger partial charge in [0.1, 0.15) is 0 Å². The molecule has 3 aliphatic rings. The number of amides is 2. The molecule has 2 fully saturated rings. The quantitative estimate of drug-likeness (QED) is 0.0712. The fourth-order valence-corrected chi connectivity index (χ4v) is 14.7. The number of phenolic OH excluding ortho intramolecular Hbond substituents is 1. The van der Waals surface area contributed by atoms with Crippen LogP contribution in [0.25, 0.3) is 6.08 Å². The smallest absolute Gasteiger partial charge is 0.261 e. The maximum atomic E-state index is 14.3. The lowest BCUT2D eigenvalue weighted by molar-refractivity contribution is -0.143. The lowest BCUT2D eigenvalue weighted by Crippen LogP contribution is -2.66. The Morgan fingerprint density at radius 1 is 0.982 bits per heavy atom. The van der Waals surface area contributed by atoms with Crippen LogP contribution in [-0.4, -0.2) is 72.8 Å². The highest BCUT2D eigenvalue weighted by molar-refractivity contribution is 14.1. The third-order valence-corrected chi connectivity index (χ3v) is 17.9. The van der Waals surface area contributed by atoms with E-state index in [1.807, 2.05) is 55.5 Å². The summed E-state index contributed by atoms with van der Waals surface area (Å²) in [6.07, 6.45) is 6.95. The number of imide groups is 1. The number of hydrogen-bond donors (Lipinski definition) is 3. The number of aliphatic hydroxyl groups is 2. The maximum Gasteiger partial charge on any atom is 0.261 e. The molecule has 2 amide bonds. The average molecular weight is 878 g/mol. The number of benzene rings is 3. The molecule has 3 aromatic carbocycles. The van der Waals surface area contributed by atoms with E-state index >= 15 is 0 Å². The van der Waals surface area contributed by atoms with E-state index in [0.29, 0.717) is 34.2 Å². The first-order chi connectivity index (χ1) is 26.3. The summed E-state index contributed by atoms with van der Waals surface area (Å²) in [5, 5.41) is 35.7. The highest BCUT2D eigenvalue weighted by Gasteiger charge is 2.57. The maximum absolute atomic E-state index is 14.3. The third kappa shape index (κ3) is 8.26. The van der Waals surface area contributed by atoms with Crippen LogP contribution in [0.1, 0.15) is 84.6 Å². The van der Waals surface area contributed by atoms with Gasteiger partial charge >= 0.3 is 0 Å². The van der Waals surface area contributed by atoms with Crippen molar-refractivity contribution in [2.24, 2.45) is 17.8 Å². The zero-order valence-corrected chi connectivity index (χ0v) is 35.9. The Balaban J connectivity index is 1.39. The van der Waals surface area contributed by atoms with Crippen LogP contribution in [0.4, 0.5) is 0 Å². The summed E-state index contributed by atoms with van der Waals surface area (Å²) >= 11 is 2.08. The lowest BCUT2D eigenvalue weighted by Gasteiger charge is -2.44. The molecule has 1 heterocycles. The summed E-state index contributed by atoms with van der Waals surface area (Å²) in [6.45, 7) is 8.48. The van der Waals surface area contributed by atoms with Gasteiger partial charge in [0, 0.05) is 12.0 Å². The van der Waals surface area contributed by atoms with Crippen LogP contribution in [0.2, 0.25) is 5.04 Å². The number of carbonyl (C=O) groups excluding carboxylic acids is 2. The second-order valence-electron chi connectivity index (χ2n) is 16.6. The predicted molar refractivity (Wildman–Crippen MR) is 228 cm³/mol. The van der Waals surface area contributed by atoms with Crippen molar-refractivity contribution in [3.63, 3.8) is 0 Å². The molecule has 10 heteroatoms. The minimum absolute atomic E-state index is 0.0979. The minimum Gasteiger partial charge on any atom is -0.504 e. The number of methoxy groups -OCH3 is 1. The molecule has 0 bridgehead atoms. The van der Waals surface area contributed by atoms with Crippen molar-refractivity contribution < 1.29 is 34.1 Å². The first kappa shape index (κ1) is 41.3. The van der Waals surface area contributed by atoms with Crippen LogP contribution in [0.15, 0.2) is 89.5 Å². The van der Waals surface area contributed by atoms with Gasteiger partial charge in [-0.25, -0.2) is 0 Å². The fraction of sp³-hybridized carbons (Fsp3) is 0.467. The van der Waals surface area contributed by atoms with E-state index in [-0.39, 0.29) is 41.9 Å². The van der Waals surface area contributed by atoms with Crippen LogP contribution in [0.5, 0.6) is 11.5 Å². The van der Waals surface area contributed by atoms with Gasteiger partial charge in [0.2, 0.25) is 11.8 Å². The van der Waals surface area contributed by atoms with Gasteiger partial charge < -0.3 is 24.5 Å². The number of aromatic hydroxyl groups is 1. The zero-order chi connectivity index (χ0) is 39.5. The van der Waals surface area contributed by atoms with E-state index in [0.717, 1.165) is 59.2 Å². The molecule has 0 unspecified atom stereocenters. The van der Waals surface area contributed by atoms with Gasteiger partial charge in [0.15, 0.2) is 11.5 Å². The van der Waals surface area contributed by atoms with Gasteiger partial charge in [-0.05, 0) is 106 Å². The van der Waals surface area contributed by atoms with Gasteiger partial charge in [-0.15, -0.1) is 0 Å². The molecule has 1 saturated carbocycles. The van der Waals surface area contributed by atoms with Crippen molar-refractivity contribution in [2.75, 3.05) is 20.3 Å². The first-order valence-corrected chi connectivity index (χ1v) is 22.7. The number of rotatable bonds is 13. The molecule has 8 nitrogen and oxygen atoms in total. The van der Waals surface area contributed by atoms with Crippen LogP contribution >= 0.6 is 22.6 Å². The Kier molecular flexibility index (Phi) is 13.1. The molecular weight excluding hydrogens is 821 g/mol. The summed E-state index contributed by atoms with van der Waals surface area (Å²) in [5.74, 6) is -1.89. The molecule has 6 rings (SSSR count). The number of fused-ring (bicyclic) bond motifs is 1. The topological polar surface area (TPSA) is 117 Å². The van der Waals surface area contributed by atoms with E-state index in [2.05, 4.69) is 67.6 Å². The molecule has 3 aromatic rings. The van der Waals surface area contributed by atoms with Gasteiger partial charge in [0.05, 0.1) is 41.8 Å². The van der Waals surface area contributed by atoms with Crippen molar-refractivity contribution in [2.45, 2.75) is 96.2 Å². The molecule has 2 aliphatic carbocycles. The number of carbonyl (C=O) groups is 2. The van der Waals surface area contributed by atoms with E-state index in [9.17, 15) is 24.9 Å². The van der Waals surface area contributed by atoms with Crippen molar-refractivity contribution in [3.8, 4) is 11.5 Å². The van der Waals surface area contributed by atoms with E-state index < -0.39 is 32.2 Å². The van der Waals surface area contributed by atoms with Gasteiger partial charge in [0.25, 0.3) is 8.32 Å². The van der Waals surface area contributed by atoms with E-state index in [4.69, 9.17) is 9.16 Å². The van der Waals surface area contributed by atoms with Crippen molar-refractivity contribution >= 4 is 59.2 Å². The number of likely N-dealkylation sites (tertiary alicyclic amines) is 1. The summed E-state index contributed by atoms with van der Waals surface area (Å²) in [5.41, 5.74) is 3.34. The molecular formula is C45H56INO7Si. The zero-order valence-electron chi connectivity index (χ0n) is 32.8. The van der Waals surface area contributed by atoms with Crippen molar-refractivity contribution in [1.82, 2.24) is 4.90 Å².